The Morgan fingerprint density at radius 2 is 2.40 bits per heavy atom. The Hall–Kier alpha value is -0.870. The van der Waals surface area contributed by atoms with E-state index in [1.807, 2.05) is 12.5 Å². The predicted octanol–water partition coefficient (Wildman–Crippen LogP) is 1.64. The van der Waals surface area contributed by atoms with Gasteiger partial charge in [0, 0.05) is 18.7 Å². The van der Waals surface area contributed by atoms with Crippen molar-refractivity contribution in [2.24, 2.45) is 5.73 Å². The van der Waals surface area contributed by atoms with E-state index in [2.05, 4.69) is 23.4 Å². The maximum absolute atomic E-state index is 6.07. The Labute approximate surface area is 90.4 Å². The van der Waals surface area contributed by atoms with Crippen LogP contribution in [0.3, 0.4) is 0 Å². The number of imidazole rings is 1. The van der Waals surface area contributed by atoms with Gasteiger partial charge in [0.25, 0.3) is 0 Å². The topological polar surface area (TPSA) is 53.1 Å². The molecule has 4 nitrogen and oxygen atoms in total. The molecular formula is C11H19N3O. The minimum absolute atomic E-state index is 0.0173. The molecule has 0 spiro atoms. The van der Waals surface area contributed by atoms with Crippen LogP contribution in [0.25, 0.3) is 0 Å². The lowest BCUT2D eigenvalue weighted by atomic mass is 10.0. The summed E-state index contributed by atoms with van der Waals surface area (Å²) in [6.07, 6.45) is 5.84. The minimum Gasteiger partial charge on any atom is -0.370 e. The minimum atomic E-state index is 0.0173. The van der Waals surface area contributed by atoms with E-state index in [-0.39, 0.29) is 12.1 Å². The lowest BCUT2D eigenvalue weighted by Crippen LogP contribution is -2.35. The van der Waals surface area contributed by atoms with Crippen LogP contribution in [0.15, 0.2) is 12.5 Å². The molecule has 0 radical (unpaired) electrons. The molecule has 1 fully saturated rings. The average molecular weight is 209 g/mol. The summed E-state index contributed by atoms with van der Waals surface area (Å²) in [5, 5.41) is 0. The summed E-state index contributed by atoms with van der Waals surface area (Å²) >= 11 is 0. The van der Waals surface area contributed by atoms with E-state index in [0.717, 1.165) is 25.1 Å². The number of nitrogens with two attached hydrogens (primary N) is 1. The van der Waals surface area contributed by atoms with E-state index in [0.29, 0.717) is 6.04 Å². The highest BCUT2D eigenvalue weighted by Crippen LogP contribution is 2.28. The number of aromatic nitrogens is 2. The summed E-state index contributed by atoms with van der Waals surface area (Å²) in [6, 6.07) is 0.508. The molecule has 4 heteroatoms. The predicted molar refractivity (Wildman–Crippen MR) is 58.5 cm³/mol. The summed E-state index contributed by atoms with van der Waals surface area (Å²) in [7, 11) is 0. The van der Waals surface area contributed by atoms with Crippen LogP contribution in [0.5, 0.6) is 0 Å². The van der Waals surface area contributed by atoms with Crippen molar-refractivity contribution in [2.75, 3.05) is 6.61 Å². The fraction of sp³-hybridized carbons (Fsp3) is 0.727. The van der Waals surface area contributed by atoms with Crippen molar-refractivity contribution >= 4 is 0 Å². The molecule has 1 aliphatic heterocycles. The monoisotopic (exact) mass is 209 g/mol. The molecule has 2 heterocycles. The molecule has 0 aliphatic carbocycles. The second-order valence-corrected chi connectivity index (χ2v) is 4.42. The second kappa shape index (κ2) is 4.33. The standard InChI is InChI=1S/C11H19N3O/c1-8(2)14-7-13-6-10(14)11-9(12)4-3-5-15-11/h6-9,11H,3-5,12H2,1-2H3. The zero-order valence-corrected chi connectivity index (χ0v) is 9.39. The Morgan fingerprint density at radius 3 is 3.07 bits per heavy atom. The van der Waals surface area contributed by atoms with Crippen LogP contribution < -0.4 is 5.73 Å². The molecule has 15 heavy (non-hydrogen) atoms. The Bertz CT molecular complexity index is 321. The smallest absolute Gasteiger partial charge is 0.114 e. The van der Waals surface area contributed by atoms with E-state index >= 15 is 0 Å². The van der Waals surface area contributed by atoms with Gasteiger partial charge in [-0.15, -0.1) is 0 Å². The van der Waals surface area contributed by atoms with Crippen LogP contribution in [0.1, 0.15) is 44.5 Å². The van der Waals surface area contributed by atoms with Crippen molar-refractivity contribution in [2.45, 2.75) is 44.9 Å². The Kier molecular flexibility index (Phi) is 3.07. The van der Waals surface area contributed by atoms with Gasteiger partial charge in [0.1, 0.15) is 6.10 Å². The molecule has 2 N–H and O–H groups in total. The highest BCUT2D eigenvalue weighted by Gasteiger charge is 2.27. The molecule has 0 aromatic carbocycles. The third-order valence-electron chi connectivity index (χ3n) is 2.91. The summed E-state index contributed by atoms with van der Waals surface area (Å²) in [4.78, 5) is 4.18. The number of hydrogen-bond acceptors (Lipinski definition) is 3. The second-order valence-electron chi connectivity index (χ2n) is 4.42. The normalized spacial score (nSPS) is 27.2. The van der Waals surface area contributed by atoms with E-state index in [4.69, 9.17) is 10.5 Å². The molecule has 0 bridgehead atoms. The molecule has 2 unspecified atom stereocenters. The van der Waals surface area contributed by atoms with Crippen LogP contribution in [0, 0.1) is 0 Å². The fourth-order valence-corrected chi connectivity index (χ4v) is 2.08. The molecular weight excluding hydrogens is 190 g/mol. The maximum atomic E-state index is 6.07. The van der Waals surface area contributed by atoms with Crippen LogP contribution in [0.2, 0.25) is 0 Å². The lowest BCUT2D eigenvalue weighted by molar-refractivity contribution is -0.00498. The summed E-state index contributed by atoms with van der Waals surface area (Å²) in [6.45, 7) is 5.08. The molecule has 1 aromatic heterocycles. The van der Waals surface area contributed by atoms with Gasteiger partial charge in [-0.2, -0.15) is 0 Å². The zero-order valence-electron chi connectivity index (χ0n) is 9.39. The first kappa shape index (κ1) is 10.6. The number of ether oxygens (including phenoxy) is 1. The van der Waals surface area contributed by atoms with Crippen molar-refractivity contribution in [3.05, 3.63) is 18.2 Å². The van der Waals surface area contributed by atoms with Crippen molar-refractivity contribution in [3.63, 3.8) is 0 Å². The van der Waals surface area contributed by atoms with Gasteiger partial charge in [-0.25, -0.2) is 4.98 Å². The van der Waals surface area contributed by atoms with Crippen molar-refractivity contribution in [1.29, 1.82) is 0 Å². The van der Waals surface area contributed by atoms with Gasteiger partial charge >= 0.3 is 0 Å². The zero-order chi connectivity index (χ0) is 10.8. The van der Waals surface area contributed by atoms with Crippen LogP contribution in [-0.2, 0) is 4.74 Å². The highest BCUT2D eigenvalue weighted by molar-refractivity contribution is 5.08. The molecule has 1 aromatic rings. The van der Waals surface area contributed by atoms with Gasteiger partial charge in [0.2, 0.25) is 0 Å². The Morgan fingerprint density at radius 1 is 1.60 bits per heavy atom. The lowest BCUT2D eigenvalue weighted by Gasteiger charge is -2.30. The van der Waals surface area contributed by atoms with Gasteiger partial charge in [0.15, 0.2) is 0 Å². The summed E-state index contributed by atoms with van der Waals surface area (Å²) < 4.78 is 7.87. The first-order valence-electron chi connectivity index (χ1n) is 5.59. The quantitative estimate of drug-likeness (QED) is 0.805. The average Bonchev–Trinajstić information content (AvgIpc) is 2.67. The van der Waals surface area contributed by atoms with E-state index in [9.17, 15) is 0 Å². The summed E-state index contributed by atoms with van der Waals surface area (Å²) in [5.74, 6) is 0. The van der Waals surface area contributed by atoms with E-state index < -0.39 is 0 Å². The third-order valence-corrected chi connectivity index (χ3v) is 2.91. The largest absolute Gasteiger partial charge is 0.370 e. The van der Waals surface area contributed by atoms with Crippen molar-refractivity contribution in [1.82, 2.24) is 9.55 Å². The van der Waals surface area contributed by atoms with Gasteiger partial charge in [-0.3, -0.25) is 0 Å². The maximum Gasteiger partial charge on any atom is 0.114 e. The molecule has 84 valence electrons. The summed E-state index contributed by atoms with van der Waals surface area (Å²) in [5.41, 5.74) is 7.18. The van der Waals surface area contributed by atoms with Crippen LogP contribution in [0.4, 0.5) is 0 Å². The first-order valence-corrected chi connectivity index (χ1v) is 5.59. The van der Waals surface area contributed by atoms with Gasteiger partial charge in [0.05, 0.1) is 18.2 Å². The highest BCUT2D eigenvalue weighted by atomic mass is 16.5. The van der Waals surface area contributed by atoms with Crippen molar-refractivity contribution in [3.8, 4) is 0 Å². The number of rotatable bonds is 2. The Balaban J connectivity index is 2.23. The molecule has 2 rings (SSSR count). The molecule has 0 amide bonds. The molecule has 0 saturated carbocycles. The third kappa shape index (κ3) is 2.06. The van der Waals surface area contributed by atoms with E-state index in [1.54, 1.807) is 0 Å². The van der Waals surface area contributed by atoms with Crippen LogP contribution >= 0.6 is 0 Å². The number of nitrogens with zero attached hydrogens (tertiary/aromatic N) is 2. The van der Waals surface area contributed by atoms with E-state index in [1.165, 1.54) is 0 Å². The fourth-order valence-electron chi connectivity index (χ4n) is 2.08. The van der Waals surface area contributed by atoms with Gasteiger partial charge < -0.3 is 15.0 Å². The van der Waals surface area contributed by atoms with Crippen LogP contribution in [-0.4, -0.2) is 22.2 Å². The van der Waals surface area contributed by atoms with Crippen molar-refractivity contribution < 1.29 is 4.74 Å². The van der Waals surface area contributed by atoms with Gasteiger partial charge in [-0.1, -0.05) is 0 Å². The molecule has 1 saturated heterocycles. The SMILES string of the molecule is CC(C)n1cncc1C1OCCCC1N. The van der Waals surface area contributed by atoms with Gasteiger partial charge in [-0.05, 0) is 26.7 Å². The molecule has 2 atom stereocenters. The number of hydrogen-bond donors (Lipinski definition) is 1. The first-order chi connectivity index (χ1) is 7.20. The molecule has 1 aliphatic rings.